The van der Waals surface area contributed by atoms with Gasteiger partial charge in [0, 0.05) is 37.1 Å². The normalized spacial score (nSPS) is 28.7. The van der Waals surface area contributed by atoms with Gasteiger partial charge in [-0.1, -0.05) is 48.9 Å². The third-order valence-corrected chi connectivity index (χ3v) is 12.0. The molecule has 4 bridgehead atoms. The Labute approximate surface area is 277 Å². The summed E-state index contributed by atoms with van der Waals surface area (Å²) in [7, 11) is 0. The van der Waals surface area contributed by atoms with E-state index in [0.717, 1.165) is 47.8 Å². The van der Waals surface area contributed by atoms with Crippen LogP contribution in [0, 0.1) is 23.7 Å². The van der Waals surface area contributed by atoms with Crippen LogP contribution in [0.2, 0.25) is 0 Å². The number of carbonyl (C=O) groups is 2. The van der Waals surface area contributed by atoms with Crippen LogP contribution in [0.4, 0.5) is 24.8 Å². The van der Waals surface area contributed by atoms with E-state index in [9.17, 15) is 27.9 Å². The van der Waals surface area contributed by atoms with Crippen LogP contribution >= 0.6 is 0 Å². The molecule has 2 aliphatic heterocycles. The second kappa shape index (κ2) is 11.6. The molecule has 1 amide bonds. The van der Waals surface area contributed by atoms with E-state index in [2.05, 4.69) is 33.5 Å². The van der Waals surface area contributed by atoms with Gasteiger partial charge in [0.1, 0.15) is 5.54 Å². The van der Waals surface area contributed by atoms with Gasteiger partial charge in [-0.2, -0.15) is 13.2 Å². The fourth-order valence-corrected chi connectivity index (χ4v) is 9.84. The van der Waals surface area contributed by atoms with Crippen molar-refractivity contribution in [1.82, 2.24) is 15.3 Å². The first kappa shape index (κ1) is 31.3. The molecule has 4 saturated carbocycles. The predicted octanol–water partition coefficient (Wildman–Crippen LogP) is 6.69. The summed E-state index contributed by atoms with van der Waals surface area (Å²) < 4.78 is 49.9. The summed E-state index contributed by atoms with van der Waals surface area (Å²) in [6.45, 7) is 1.47. The first-order valence-corrected chi connectivity index (χ1v) is 17.1. The molecule has 5 unspecified atom stereocenters. The minimum atomic E-state index is -4.97. The number of nitrogens with one attached hydrogen (secondary N) is 1. The third kappa shape index (κ3) is 5.16. The average Bonchev–Trinajstić information content (AvgIpc) is 3.21. The Hall–Kier alpha value is -3.99. The molecule has 1 aromatic heterocycles. The van der Waals surface area contributed by atoms with Crippen LogP contribution in [0.3, 0.4) is 0 Å². The Morgan fingerprint density at radius 2 is 1.71 bits per heavy atom. The van der Waals surface area contributed by atoms with Crippen molar-refractivity contribution < 1.29 is 32.6 Å². The summed E-state index contributed by atoms with van der Waals surface area (Å²) in [5, 5.41) is 13.2. The number of fused-ring (bicyclic) bond motifs is 3. The van der Waals surface area contributed by atoms with Crippen LogP contribution in [0.5, 0.6) is 0 Å². The fourth-order valence-electron chi connectivity index (χ4n) is 9.84. The van der Waals surface area contributed by atoms with Crippen molar-refractivity contribution in [3.05, 3.63) is 82.7 Å². The number of halogens is 3. The lowest BCUT2D eigenvalue weighted by atomic mass is 9.58. The van der Waals surface area contributed by atoms with E-state index in [-0.39, 0.29) is 23.2 Å². The number of aromatic nitrogens is 2. The van der Waals surface area contributed by atoms with Crippen molar-refractivity contribution in [2.24, 2.45) is 23.7 Å². The van der Waals surface area contributed by atoms with Gasteiger partial charge in [-0.25, -0.2) is 14.8 Å². The lowest BCUT2D eigenvalue weighted by Gasteiger charge is -2.50. The standard InChI is InChI=1S/C37H39F3N4O4/c38-37(39,40)31-28(32(45)43-36(33(46)47)26-8-6-23-15-25(17-26)18-27(36)16-23)20-41-34(42-31)44-21-35(10-12-48-13-11-35)29-19-24(7-9-30(29)44)14-22-4-2-1-3-5-22/h1-5,7,9,19-20,23,25-27H,6,8,10-18,21H2,(H,43,45)(H,46,47). The van der Waals surface area contributed by atoms with E-state index in [4.69, 9.17) is 4.74 Å². The summed E-state index contributed by atoms with van der Waals surface area (Å²) >= 11 is 0. The van der Waals surface area contributed by atoms with Crippen molar-refractivity contribution in [2.75, 3.05) is 24.7 Å². The number of rotatable bonds is 6. The second-order valence-electron chi connectivity index (χ2n) is 14.7. The molecule has 5 atom stereocenters. The first-order valence-electron chi connectivity index (χ1n) is 17.1. The molecular weight excluding hydrogens is 621 g/mol. The van der Waals surface area contributed by atoms with Gasteiger partial charge in [0.15, 0.2) is 5.69 Å². The molecule has 2 aromatic carbocycles. The molecule has 8 nitrogen and oxygen atoms in total. The average molecular weight is 661 g/mol. The molecule has 252 valence electrons. The lowest BCUT2D eigenvalue weighted by Crippen LogP contribution is -2.66. The number of hydrogen-bond donors (Lipinski definition) is 2. The quantitative estimate of drug-likeness (QED) is 0.304. The highest BCUT2D eigenvalue weighted by Gasteiger charge is 2.60. The van der Waals surface area contributed by atoms with Gasteiger partial charge >= 0.3 is 12.1 Å². The zero-order chi connectivity index (χ0) is 33.3. The summed E-state index contributed by atoms with van der Waals surface area (Å²) in [6.07, 6.45) is 2.66. The number of amides is 1. The molecular formula is C37H39F3N4O4. The van der Waals surface area contributed by atoms with Crippen molar-refractivity contribution in [3.63, 3.8) is 0 Å². The molecule has 1 saturated heterocycles. The zero-order valence-electron chi connectivity index (χ0n) is 26.6. The number of nitrogens with zero attached hydrogens (tertiary/aromatic N) is 3. The van der Waals surface area contributed by atoms with Crippen LogP contribution in [0.1, 0.15) is 84.1 Å². The van der Waals surface area contributed by atoms with Gasteiger partial charge in [-0.05, 0) is 97.8 Å². The maximum atomic E-state index is 14.7. The molecule has 1 spiro atoms. The third-order valence-electron chi connectivity index (χ3n) is 12.0. The van der Waals surface area contributed by atoms with Crippen LogP contribution in [0.15, 0.2) is 54.7 Å². The Morgan fingerprint density at radius 1 is 0.958 bits per heavy atom. The largest absolute Gasteiger partial charge is 0.479 e. The number of ether oxygens (including phenoxy) is 1. The van der Waals surface area contributed by atoms with Crippen molar-refractivity contribution in [3.8, 4) is 0 Å². The summed E-state index contributed by atoms with van der Waals surface area (Å²) in [5.41, 5.74) is -0.0122. The lowest BCUT2D eigenvalue weighted by molar-refractivity contribution is -0.154. The summed E-state index contributed by atoms with van der Waals surface area (Å²) in [4.78, 5) is 36.9. The summed E-state index contributed by atoms with van der Waals surface area (Å²) in [6, 6.07) is 16.2. The molecule has 2 N–H and O–H groups in total. The molecule has 3 aromatic rings. The van der Waals surface area contributed by atoms with Gasteiger partial charge in [0.05, 0.1) is 5.56 Å². The predicted molar refractivity (Wildman–Crippen MR) is 171 cm³/mol. The molecule has 11 heteroatoms. The van der Waals surface area contributed by atoms with Crippen LogP contribution in [-0.4, -0.2) is 52.2 Å². The van der Waals surface area contributed by atoms with Crippen molar-refractivity contribution in [2.45, 2.75) is 74.9 Å². The smallest absolute Gasteiger partial charge is 0.434 e. The fraction of sp³-hybridized carbons (Fsp3) is 0.514. The van der Waals surface area contributed by atoms with Crippen LogP contribution < -0.4 is 10.2 Å². The Kier molecular flexibility index (Phi) is 7.54. The van der Waals surface area contributed by atoms with E-state index >= 15 is 0 Å². The molecule has 48 heavy (non-hydrogen) atoms. The maximum absolute atomic E-state index is 14.7. The minimum Gasteiger partial charge on any atom is -0.479 e. The van der Waals surface area contributed by atoms with Gasteiger partial charge in [-0.15, -0.1) is 0 Å². The Bertz CT molecular complexity index is 1730. The molecule has 0 radical (unpaired) electrons. The number of anilines is 2. The van der Waals surface area contributed by atoms with Gasteiger partial charge < -0.3 is 20.1 Å². The van der Waals surface area contributed by atoms with Crippen molar-refractivity contribution >= 4 is 23.5 Å². The van der Waals surface area contributed by atoms with Gasteiger partial charge in [0.25, 0.3) is 5.91 Å². The molecule has 4 aliphatic carbocycles. The molecule has 9 rings (SSSR count). The second-order valence-corrected chi connectivity index (χ2v) is 14.7. The number of carbonyl (C=O) groups excluding carboxylic acids is 1. The number of carboxylic acids is 1. The zero-order valence-corrected chi connectivity index (χ0v) is 26.6. The maximum Gasteiger partial charge on any atom is 0.434 e. The van der Waals surface area contributed by atoms with Crippen LogP contribution in [-0.2, 0) is 27.5 Å². The number of carboxylic acid groups (broad SMARTS) is 1. The Morgan fingerprint density at radius 3 is 2.46 bits per heavy atom. The van der Waals surface area contributed by atoms with E-state index in [1.165, 1.54) is 0 Å². The number of hydrogen-bond acceptors (Lipinski definition) is 6. The number of alkyl halides is 3. The van der Waals surface area contributed by atoms with Gasteiger partial charge in [-0.3, -0.25) is 4.79 Å². The molecule has 5 fully saturated rings. The molecule has 3 heterocycles. The van der Waals surface area contributed by atoms with Crippen LogP contribution in [0.25, 0.3) is 0 Å². The minimum absolute atomic E-state index is 0.140. The highest BCUT2D eigenvalue weighted by Crippen LogP contribution is 2.56. The van der Waals surface area contributed by atoms with E-state index in [1.54, 1.807) is 4.90 Å². The number of benzene rings is 2. The highest BCUT2D eigenvalue weighted by molar-refractivity contribution is 5.99. The summed E-state index contributed by atoms with van der Waals surface area (Å²) in [5.74, 6) is -2.25. The number of aliphatic carboxylic acids is 1. The van der Waals surface area contributed by atoms with E-state index < -0.39 is 34.8 Å². The SMILES string of the molecule is O=C(NC1(C(=O)O)C2CCC3CC(C2)CC1C3)c1cnc(N2CC3(CCOCC3)c3cc(Cc4ccccc4)ccc32)nc1C(F)(F)F. The Balaban J connectivity index is 1.14. The van der Waals surface area contributed by atoms with Gasteiger partial charge in [0.2, 0.25) is 5.95 Å². The first-order chi connectivity index (χ1) is 23.1. The van der Waals surface area contributed by atoms with Crippen molar-refractivity contribution in [1.29, 1.82) is 0 Å². The topological polar surface area (TPSA) is 105 Å². The van der Waals surface area contributed by atoms with E-state index in [0.29, 0.717) is 70.1 Å². The monoisotopic (exact) mass is 660 g/mol. The highest BCUT2D eigenvalue weighted by atomic mass is 19.4. The molecule has 6 aliphatic rings. The van der Waals surface area contributed by atoms with E-state index in [1.807, 2.05) is 30.3 Å².